The fraction of sp³-hybridized carbons (Fsp3) is 0.474. The molecule has 0 radical (unpaired) electrons. The highest BCUT2D eigenvalue weighted by Gasteiger charge is 2.27. The van der Waals surface area contributed by atoms with Crippen molar-refractivity contribution in [2.24, 2.45) is 5.92 Å². The lowest BCUT2D eigenvalue weighted by Gasteiger charge is -2.31. The zero-order valence-electron chi connectivity index (χ0n) is 14.1. The molecule has 1 unspecified atom stereocenters. The second kappa shape index (κ2) is 8.62. The number of piperidine rings is 1. The molecule has 0 spiro atoms. The average Bonchev–Trinajstić information content (AvgIpc) is 2.62. The fourth-order valence-corrected chi connectivity index (χ4v) is 3.01. The highest BCUT2D eigenvalue weighted by atomic mass is 19.1. The molecule has 1 aliphatic heterocycles. The largest absolute Gasteiger partial charge is 0.353 e. The molecule has 0 bridgehead atoms. The first kappa shape index (κ1) is 18.2. The van der Waals surface area contributed by atoms with E-state index in [4.69, 9.17) is 0 Å². The first-order valence-electron chi connectivity index (χ1n) is 8.49. The Morgan fingerprint density at radius 1 is 1.33 bits per heavy atom. The van der Waals surface area contributed by atoms with Crippen LogP contribution in [0.3, 0.4) is 0 Å². The summed E-state index contributed by atoms with van der Waals surface area (Å²) >= 11 is 0. The molecule has 1 aromatic carbocycles. The van der Waals surface area contributed by atoms with Gasteiger partial charge in [-0.25, -0.2) is 4.39 Å². The van der Waals surface area contributed by atoms with Crippen LogP contribution in [0, 0.1) is 11.7 Å². The van der Waals surface area contributed by atoms with E-state index < -0.39 is 0 Å². The Kier molecular flexibility index (Phi) is 6.53. The van der Waals surface area contributed by atoms with Crippen LogP contribution >= 0.6 is 0 Å². The minimum absolute atomic E-state index is 0.0378. The molecular formula is C19H25FN2O2. The van der Waals surface area contributed by atoms with E-state index in [9.17, 15) is 14.0 Å². The van der Waals surface area contributed by atoms with E-state index in [0.29, 0.717) is 32.4 Å². The third-order valence-corrected chi connectivity index (χ3v) is 4.59. The second-order valence-corrected chi connectivity index (χ2v) is 6.25. The van der Waals surface area contributed by atoms with Crippen LogP contribution in [0.5, 0.6) is 0 Å². The molecule has 5 heteroatoms. The van der Waals surface area contributed by atoms with Crippen LogP contribution in [0.15, 0.2) is 36.9 Å². The van der Waals surface area contributed by atoms with Gasteiger partial charge in [0.2, 0.25) is 11.8 Å². The van der Waals surface area contributed by atoms with Crippen molar-refractivity contribution in [3.05, 3.63) is 48.3 Å². The van der Waals surface area contributed by atoms with Gasteiger partial charge in [-0.1, -0.05) is 25.6 Å². The zero-order valence-corrected chi connectivity index (χ0v) is 14.1. The molecule has 1 aliphatic rings. The van der Waals surface area contributed by atoms with Gasteiger partial charge in [0, 0.05) is 25.0 Å². The van der Waals surface area contributed by atoms with Crippen LogP contribution in [-0.4, -0.2) is 35.8 Å². The predicted molar refractivity (Wildman–Crippen MR) is 91.8 cm³/mol. The Morgan fingerprint density at radius 2 is 1.96 bits per heavy atom. The third-order valence-electron chi connectivity index (χ3n) is 4.59. The summed E-state index contributed by atoms with van der Waals surface area (Å²) in [5, 5.41) is 3.10. The Labute approximate surface area is 142 Å². The van der Waals surface area contributed by atoms with Gasteiger partial charge in [0.1, 0.15) is 5.82 Å². The number of nitrogens with one attached hydrogen (secondary N) is 1. The van der Waals surface area contributed by atoms with Crippen molar-refractivity contribution in [3.63, 3.8) is 0 Å². The van der Waals surface area contributed by atoms with Gasteiger partial charge in [-0.3, -0.25) is 9.59 Å². The zero-order chi connectivity index (χ0) is 17.5. The first-order valence-corrected chi connectivity index (χ1v) is 8.49. The lowest BCUT2D eigenvalue weighted by molar-refractivity contribution is -0.132. The van der Waals surface area contributed by atoms with Gasteiger partial charge in [-0.05, 0) is 49.5 Å². The van der Waals surface area contributed by atoms with Gasteiger partial charge in [-0.2, -0.15) is 0 Å². The molecule has 1 heterocycles. The molecule has 130 valence electrons. The summed E-state index contributed by atoms with van der Waals surface area (Å²) in [6.45, 7) is 6.71. The van der Waals surface area contributed by atoms with Crippen molar-refractivity contribution in [2.75, 3.05) is 13.1 Å². The first-order chi connectivity index (χ1) is 11.5. The molecule has 1 N–H and O–H groups in total. The van der Waals surface area contributed by atoms with Crippen molar-refractivity contribution < 1.29 is 14.0 Å². The van der Waals surface area contributed by atoms with E-state index in [2.05, 4.69) is 11.9 Å². The topological polar surface area (TPSA) is 49.4 Å². The Hall–Kier alpha value is -2.17. The van der Waals surface area contributed by atoms with E-state index in [1.54, 1.807) is 17.0 Å². The number of nitrogens with zero attached hydrogens (tertiary/aromatic N) is 1. The number of carbonyl (C=O) groups is 2. The monoisotopic (exact) mass is 332 g/mol. The number of benzene rings is 1. The van der Waals surface area contributed by atoms with Crippen LogP contribution in [0.2, 0.25) is 0 Å². The smallest absolute Gasteiger partial charge is 0.245 e. The lowest BCUT2D eigenvalue weighted by atomic mass is 9.94. The summed E-state index contributed by atoms with van der Waals surface area (Å²) in [5.74, 6) is -0.330. The summed E-state index contributed by atoms with van der Waals surface area (Å²) < 4.78 is 13.0. The number of rotatable bonds is 6. The maximum Gasteiger partial charge on any atom is 0.245 e. The van der Waals surface area contributed by atoms with Crippen LogP contribution in [-0.2, 0) is 16.0 Å². The standard InChI is InChI=1S/C19H25FN2O2/c1-3-17(13-14-5-7-16(20)8-6-14)21-19(24)15-9-11-22(12-10-15)18(23)4-2/h4-8,15,17H,2-3,9-13H2,1H3,(H,21,24). The molecular weight excluding hydrogens is 307 g/mol. The maximum absolute atomic E-state index is 13.0. The van der Waals surface area contributed by atoms with E-state index in [0.717, 1.165) is 12.0 Å². The molecule has 0 saturated carbocycles. The van der Waals surface area contributed by atoms with Gasteiger partial charge >= 0.3 is 0 Å². The van der Waals surface area contributed by atoms with Crippen molar-refractivity contribution >= 4 is 11.8 Å². The molecule has 0 aliphatic carbocycles. The minimum atomic E-state index is -0.253. The van der Waals surface area contributed by atoms with Crippen LogP contribution in [0.4, 0.5) is 4.39 Å². The molecule has 2 rings (SSSR count). The van der Waals surface area contributed by atoms with E-state index in [-0.39, 0.29) is 29.6 Å². The average molecular weight is 332 g/mol. The van der Waals surface area contributed by atoms with Crippen LogP contribution in [0.1, 0.15) is 31.7 Å². The normalized spacial score (nSPS) is 16.5. The Balaban J connectivity index is 1.85. The molecule has 1 atom stereocenters. The van der Waals surface area contributed by atoms with Crippen LogP contribution in [0.25, 0.3) is 0 Å². The van der Waals surface area contributed by atoms with Gasteiger partial charge in [0.15, 0.2) is 0 Å². The number of carbonyl (C=O) groups excluding carboxylic acids is 2. The molecule has 1 fully saturated rings. The summed E-state index contributed by atoms with van der Waals surface area (Å²) in [6.07, 6.45) is 4.18. The number of halogens is 1. The summed E-state index contributed by atoms with van der Waals surface area (Å²) in [7, 11) is 0. The number of hydrogen-bond acceptors (Lipinski definition) is 2. The number of hydrogen-bond donors (Lipinski definition) is 1. The molecule has 24 heavy (non-hydrogen) atoms. The van der Waals surface area contributed by atoms with Gasteiger partial charge in [0.05, 0.1) is 0 Å². The summed E-state index contributed by atoms with van der Waals surface area (Å²) in [6, 6.07) is 6.43. The Bertz CT molecular complexity index is 578. The molecule has 2 amide bonds. The number of likely N-dealkylation sites (tertiary alicyclic amines) is 1. The minimum Gasteiger partial charge on any atom is -0.353 e. The van der Waals surface area contributed by atoms with Crippen molar-refractivity contribution in [3.8, 4) is 0 Å². The summed E-state index contributed by atoms with van der Waals surface area (Å²) in [5.41, 5.74) is 1.01. The van der Waals surface area contributed by atoms with E-state index in [1.165, 1.54) is 18.2 Å². The van der Waals surface area contributed by atoms with Crippen molar-refractivity contribution in [2.45, 2.75) is 38.6 Å². The van der Waals surface area contributed by atoms with Gasteiger partial charge < -0.3 is 10.2 Å². The fourth-order valence-electron chi connectivity index (χ4n) is 3.01. The quantitative estimate of drug-likeness (QED) is 0.814. The maximum atomic E-state index is 13.0. The van der Waals surface area contributed by atoms with E-state index in [1.807, 2.05) is 6.92 Å². The number of amides is 2. The highest BCUT2D eigenvalue weighted by Crippen LogP contribution is 2.18. The van der Waals surface area contributed by atoms with Crippen LogP contribution < -0.4 is 5.32 Å². The lowest BCUT2D eigenvalue weighted by Crippen LogP contribution is -2.45. The SMILES string of the molecule is C=CC(=O)N1CCC(C(=O)NC(CC)Cc2ccc(F)cc2)CC1. The van der Waals surface area contributed by atoms with Gasteiger partial charge in [0.25, 0.3) is 0 Å². The van der Waals surface area contributed by atoms with Crippen molar-refractivity contribution in [1.29, 1.82) is 0 Å². The molecule has 4 nitrogen and oxygen atoms in total. The van der Waals surface area contributed by atoms with Crippen molar-refractivity contribution in [1.82, 2.24) is 10.2 Å². The van der Waals surface area contributed by atoms with Gasteiger partial charge in [-0.15, -0.1) is 0 Å². The van der Waals surface area contributed by atoms with E-state index >= 15 is 0 Å². The third kappa shape index (κ3) is 4.91. The predicted octanol–water partition coefficient (Wildman–Crippen LogP) is 2.69. The molecule has 0 aromatic heterocycles. The molecule has 1 aromatic rings. The Morgan fingerprint density at radius 3 is 2.50 bits per heavy atom. The molecule has 1 saturated heterocycles. The summed E-state index contributed by atoms with van der Waals surface area (Å²) in [4.78, 5) is 25.8. The second-order valence-electron chi connectivity index (χ2n) is 6.25. The highest BCUT2D eigenvalue weighted by molar-refractivity contribution is 5.87.